The Labute approximate surface area is 184 Å². The van der Waals surface area contributed by atoms with Gasteiger partial charge in [-0.15, -0.1) is 0 Å². The highest BCUT2D eigenvalue weighted by Gasteiger charge is 2.48. The molecule has 1 fully saturated rings. The van der Waals surface area contributed by atoms with Crippen LogP contribution in [0.1, 0.15) is 36.1 Å². The van der Waals surface area contributed by atoms with Gasteiger partial charge in [-0.25, -0.2) is 8.78 Å². The van der Waals surface area contributed by atoms with Crippen molar-refractivity contribution in [1.29, 1.82) is 0 Å². The maximum absolute atomic E-state index is 14.0. The van der Waals surface area contributed by atoms with Crippen molar-refractivity contribution in [2.75, 3.05) is 12.0 Å². The van der Waals surface area contributed by atoms with E-state index in [0.29, 0.717) is 17.9 Å². The standard InChI is InChI=1S/C25H23F2NO4/c1-32-19-9-2-15(3-10-19)24-21(25(31)28(24)17-5-7-18(29)8-6-17)12-13-23(30)20-11-4-16(26)14-22(20)27/h2-11,14,21,23-24,29-30H,12-13H2,1H3. The van der Waals surface area contributed by atoms with Crippen LogP contribution < -0.4 is 9.64 Å². The molecule has 3 atom stereocenters. The first kappa shape index (κ1) is 21.8. The van der Waals surface area contributed by atoms with Crippen LogP contribution in [-0.4, -0.2) is 23.2 Å². The summed E-state index contributed by atoms with van der Waals surface area (Å²) in [6.45, 7) is 0. The van der Waals surface area contributed by atoms with Crippen molar-refractivity contribution in [3.05, 3.63) is 89.5 Å². The van der Waals surface area contributed by atoms with E-state index in [1.54, 1.807) is 24.1 Å². The van der Waals surface area contributed by atoms with Crippen LogP contribution in [0.4, 0.5) is 14.5 Å². The molecule has 32 heavy (non-hydrogen) atoms. The number of hydrogen-bond donors (Lipinski definition) is 2. The number of anilines is 1. The van der Waals surface area contributed by atoms with E-state index < -0.39 is 23.7 Å². The number of carbonyl (C=O) groups is 1. The SMILES string of the molecule is COc1ccc(C2C(CCC(O)c3ccc(F)cc3F)C(=O)N2c2ccc(O)cc2)cc1. The van der Waals surface area contributed by atoms with E-state index in [0.717, 1.165) is 17.7 Å². The maximum Gasteiger partial charge on any atom is 0.233 e. The molecule has 4 rings (SSSR count). The quantitative estimate of drug-likeness (QED) is 0.514. The van der Waals surface area contributed by atoms with E-state index in [1.807, 2.05) is 24.3 Å². The molecule has 1 aliphatic heterocycles. The van der Waals surface area contributed by atoms with E-state index >= 15 is 0 Å². The van der Waals surface area contributed by atoms with Crippen LogP contribution in [-0.2, 0) is 4.79 Å². The summed E-state index contributed by atoms with van der Waals surface area (Å²) in [4.78, 5) is 14.7. The zero-order chi connectivity index (χ0) is 22.8. The summed E-state index contributed by atoms with van der Waals surface area (Å²) in [7, 11) is 1.57. The number of hydrogen-bond acceptors (Lipinski definition) is 4. The summed E-state index contributed by atoms with van der Waals surface area (Å²) < 4.78 is 32.4. The molecule has 3 aromatic carbocycles. The minimum absolute atomic E-state index is 0.00885. The van der Waals surface area contributed by atoms with Crippen LogP contribution in [0.2, 0.25) is 0 Å². The zero-order valence-electron chi connectivity index (χ0n) is 17.4. The van der Waals surface area contributed by atoms with Crippen LogP contribution in [0.5, 0.6) is 11.5 Å². The van der Waals surface area contributed by atoms with Crippen LogP contribution in [0.25, 0.3) is 0 Å². The highest BCUT2D eigenvalue weighted by Crippen LogP contribution is 2.46. The number of phenols is 1. The lowest BCUT2D eigenvalue weighted by atomic mass is 9.78. The topological polar surface area (TPSA) is 70.0 Å². The lowest BCUT2D eigenvalue weighted by Gasteiger charge is -2.48. The summed E-state index contributed by atoms with van der Waals surface area (Å²) in [5.41, 5.74) is 1.55. The Balaban J connectivity index is 1.56. The van der Waals surface area contributed by atoms with Crippen LogP contribution in [0, 0.1) is 17.6 Å². The van der Waals surface area contributed by atoms with E-state index in [-0.39, 0.29) is 29.7 Å². The van der Waals surface area contributed by atoms with Crippen molar-refractivity contribution >= 4 is 11.6 Å². The number of aromatic hydroxyl groups is 1. The Hall–Kier alpha value is -3.45. The molecule has 0 aromatic heterocycles. The molecule has 0 aliphatic carbocycles. The van der Waals surface area contributed by atoms with Crippen molar-refractivity contribution in [1.82, 2.24) is 0 Å². The number of nitrogens with zero attached hydrogens (tertiary/aromatic N) is 1. The second-order valence-corrected chi connectivity index (χ2v) is 7.81. The van der Waals surface area contributed by atoms with Gasteiger partial charge in [0.05, 0.1) is 25.2 Å². The third-order valence-corrected chi connectivity index (χ3v) is 5.87. The molecular formula is C25H23F2NO4. The van der Waals surface area contributed by atoms with Crippen molar-refractivity contribution in [2.24, 2.45) is 5.92 Å². The molecule has 2 N–H and O–H groups in total. The van der Waals surface area contributed by atoms with Crippen LogP contribution in [0.15, 0.2) is 66.7 Å². The van der Waals surface area contributed by atoms with Gasteiger partial charge in [0.2, 0.25) is 5.91 Å². The van der Waals surface area contributed by atoms with Gasteiger partial charge in [0.15, 0.2) is 0 Å². The molecule has 0 bridgehead atoms. The van der Waals surface area contributed by atoms with Crippen LogP contribution in [0.3, 0.4) is 0 Å². The minimum atomic E-state index is -1.15. The first-order valence-corrected chi connectivity index (χ1v) is 10.3. The summed E-state index contributed by atoms with van der Waals surface area (Å²) in [5.74, 6) is -1.27. The largest absolute Gasteiger partial charge is 0.508 e. The average molecular weight is 439 g/mol. The van der Waals surface area contributed by atoms with Gasteiger partial charge < -0.3 is 19.8 Å². The molecule has 3 unspecified atom stereocenters. The van der Waals surface area contributed by atoms with Crippen molar-refractivity contribution in [2.45, 2.75) is 25.0 Å². The number of β-lactam (4-membered cyclic amide) rings is 1. The summed E-state index contributed by atoms with van der Waals surface area (Å²) >= 11 is 0. The number of benzene rings is 3. The lowest BCUT2D eigenvalue weighted by Crippen LogP contribution is -2.55. The second-order valence-electron chi connectivity index (χ2n) is 7.81. The predicted octanol–water partition coefficient (Wildman–Crippen LogP) is 4.90. The van der Waals surface area contributed by atoms with Gasteiger partial charge in [0, 0.05) is 17.3 Å². The molecule has 166 valence electrons. The third kappa shape index (κ3) is 4.16. The van der Waals surface area contributed by atoms with E-state index in [2.05, 4.69) is 0 Å². The first-order valence-electron chi connectivity index (χ1n) is 10.3. The normalized spacial score (nSPS) is 18.9. The van der Waals surface area contributed by atoms with E-state index in [4.69, 9.17) is 4.74 Å². The Bertz CT molecular complexity index is 1100. The maximum atomic E-state index is 14.0. The number of amides is 1. The predicted molar refractivity (Wildman–Crippen MR) is 115 cm³/mol. The fourth-order valence-electron chi connectivity index (χ4n) is 4.18. The van der Waals surface area contributed by atoms with Gasteiger partial charge in [0.25, 0.3) is 0 Å². The highest BCUT2D eigenvalue weighted by atomic mass is 19.1. The molecule has 7 heteroatoms. The van der Waals surface area contributed by atoms with Gasteiger partial charge in [0.1, 0.15) is 23.1 Å². The summed E-state index contributed by atoms with van der Waals surface area (Å²) in [5, 5.41) is 20.0. The molecule has 0 radical (unpaired) electrons. The van der Waals surface area contributed by atoms with Gasteiger partial charge >= 0.3 is 0 Å². The Morgan fingerprint density at radius 2 is 1.72 bits per heavy atom. The highest BCUT2D eigenvalue weighted by molar-refractivity contribution is 6.03. The Morgan fingerprint density at radius 3 is 2.34 bits per heavy atom. The van der Waals surface area contributed by atoms with Crippen LogP contribution >= 0.6 is 0 Å². The first-order chi connectivity index (χ1) is 15.4. The molecule has 0 saturated carbocycles. The molecular weight excluding hydrogens is 416 g/mol. The zero-order valence-corrected chi connectivity index (χ0v) is 17.4. The Kier molecular flexibility index (Phi) is 6.10. The molecule has 1 heterocycles. The molecule has 1 amide bonds. The Morgan fingerprint density at radius 1 is 1.03 bits per heavy atom. The number of aliphatic hydroxyl groups is 1. The molecule has 5 nitrogen and oxygen atoms in total. The summed E-state index contributed by atoms with van der Waals surface area (Å²) in [6.07, 6.45) is -0.681. The number of aliphatic hydroxyl groups excluding tert-OH is 1. The lowest BCUT2D eigenvalue weighted by molar-refractivity contribution is -0.131. The summed E-state index contributed by atoms with van der Waals surface area (Å²) in [6, 6.07) is 16.5. The van der Waals surface area contributed by atoms with Gasteiger partial charge in [-0.1, -0.05) is 18.2 Å². The minimum Gasteiger partial charge on any atom is -0.508 e. The van der Waals surface area contributed by atoms with Gasteiger partial charge in [-0.3, -0.25) is 4.79 Å². The fourth-order valence-corrected chi connectivity index (χ4v) is 4.18. The average Bonchev–Trinajstić information content (AvgIpc) is 2.78. The number of rotatable bonds is 7. The molecule has 0 spiro atoms. The smallest absolute Gasteiger partial charge is 0.233 e. The van der Waals surface area contributed by atoms with Crippen molar-refractivity contribution in [3.8, 4) is 11.5 Å². The number of halogens is 2. The number of phenolic OH excluding ortho intramolecular Hbond substituents is 1. The third-order valence-electron chi connectivity index (χ3n) is 5.87. The van der Waals surface area contributed by atoms with Gasteiger partial charge in [-0.05, 0) is 60.9 Å². The molecule has 1 aliphatic rings. The number of carbonyl (C=O) groups excluding carboxylic acids is 1. The number of ether oxygens (including phenoxy) is 1. The van der Waals surface area contributed by atoms with Crippen molar-refractivity contribution in [3.63, 3.8) is 0 Å². The molecule has 1 saturated heterocycles. The second kappa shape index (κ2) is 8.96. The van der Waals surface area contributed by atoms with E-state index in [9.17, 15) is 23.8 Å². The van der Waals surface area contributed by atoms with E-state index in [1.165, 1.54) is 18.2 Å². The molecule has 3 aromatic rings. The van der Waals surface area contributed by atoms with Gasteiger partial charge in [-0.2, -0.15) is 0 Å². The number of methoxy groups -OCH3 is 1. The van der Waals surface area contributed by atoms with Crippen molar-refractivity contribution < 1.29 is 28.5 Å². The monoisotopic (exact) mass is 439 g/mol. The fraction of sp³-hybridized carbons (Fsp3) is 0.240.